The second kappa shape index (κ2) is 8.28. The highest BCUT2D eigenvalue weighted by atomic mass is 15.0. The van der Waals surface area contributed by atoms with Gasteiger partial charge in [0, 0.05) is 39.9 Å². The third-order valence-electron chi connectivity index (χ3n) is 9.51. The highest BCUT2D eigenvalue weighted by Gasteiger charge is 2.43. The predicted octanol–water partition coefficient (Wildman–Crippen LogP) is 8.57. The van der Waals surface area contributed by atoms with Crippen LogP contribution in [0.15, 0.2) is 128 Å². The molecule has 0 saturated carbocycles. The number of aromatic nitrogens is 2. The fraction of sp³-hybridized carbons (Fsp3) is 0.103. The Morgan fingerprint density at radius 1 is 0.537 bits per heavy atom. The van der Waals surface area contributed by atoms with Crippen LogP contribution in [0.5, 0.6) is 0 Å². The maximum atomic E-state index is 2.49. The molecule has 0 spiro atoms. The summed E-state index contributed by atoms with van der Waals surface area (Å²) in [6, 6.07) is 45.0. The Bertz CT molecular complexity index is 2140. The second-order valence-corrected chi connectivity index (χ2v) is 11.7. The van der Waals surface area contributed by atoms with Gasteiger partial charge in [-0.3, -0.25) is 0 Å². The summed E-state index contributed by atoms with van der Waals surface area (Å²) in [6.45, 7) is 2.26. The van der Waals surface area contributed by atoms with Crippen molar-refractivity contribution in [3.8, 4) is 16.9 Å². The maximum absolute atomic E-state index is 2.49. The van der Waals surface area contributed by atoms with E-state index in [4.69, 9.17) is 0 Å². The minimum atomic E-state index is 0.266. The van der Waals surface area contributed by atoms with Crippen LogP contribution in [0.3, 0.4) is 0 Å². The van der Waals surface area contributed by atoms with Gasteiger partial charge in [-0.2, -0.15) is 0 Å². The molecule has 0 amide bonds. The minimum Gasteiger partial charge on any atom is -0.309 e. The topological polar surface area (TPSA) is 8.81 Å². The zero-order chi connectivity index (χ0) is 27.2. The van der Waals surface area contributed by atoms with Crippen molar-refractivity contribution in [3.63, 3.8) is 0 Å². The van der Waals surface area contributed by atoms with Crippen LogP contribution in [0, 0.1) is 6.92 Å². The number of fused-ring (bicyclic) bond motifs is 3. The van der Waals surface area contributed by atoms with Crippen LogP contribution in [-0.4, -0.2) is 4.57 Å². The van der Waals surface area contributed by atoms with Crippen molar-refractivity contribution in [2.24, 2.45) is 7.05 Å². The van der Waals surface area contributed by atoms with Gasteiger partial charge in [0.25, 0.3) is 0 Å². The average molecular weight is 526 g/mol. The molecular formula is C39H29N2+. The summed E-state index contributed by atoms with van der Waals surface area (Å²) >= 11 is 0. The molecule has 0 unspecified atom stereocenters. The molecule has 0 atom stereocenters. The first-order chi connectivity index (χ1) is 20.2. The van der Waals surface area contributed by atoms with Crippen LogP contribution in [0.25, 0.3) is 38.8 Å². The lowest BCUT2D eigenvalue weighted by atomic mass is 9.61. The first-order valence-corrected chi connectivity index (χ1v) is 14.5. The van der Waals surface area contributed by atoms with Crippen LogP contribution >= 0.6 is 0 Å². The van der Waals surface area contributed by atoms with E-state index in [-0.39, 0.29) is 11.8 Å². The van der Waals surface area contributed by atoms with E-state index < -0.39 is 0 Å². The molecule has 5 aromatic carbocycles. The number of pyridine rings is 1. The molecule has 0 N–H and O–H groups in total. The number of hydrogen-bond acceptors (Lipinski definition) is 0. The molecule has 2 aromatic heterocycles. The molecule has 2 heterocycles. The van der Waals surface area contributed by atoms with Gasteiger partial charge < -0.3 is 4.57 Å². The number of hydrogen-bond donors (Lipinski definition) is 0. The van der Waals surface area contributed by atoms with Crippen molar-refractivity contribution in [1.82, 2.24) is 4.57 Å². The minimum absolute atomic E-state index is 0.266. The van der Waals surface area contributed by atoms with Gasteiger partial charge in [0.1, 0.15) is 7.05 Å². The van der Waals surface area contributed by atoms with Gasteiger partial charge in [0.2, 0.25) is 5.69 Å². The lowest BCUT2D eigenvalue weighted by Crippen LogP contribution is -2.36. The Balaban J connectivity index is 1.31. The molecule has 2 nitrogen and oxygen atoms in total. The molecule has 194 valence electrons. The smallest absolute Gasteiger partial charge is 0.212 e. The van der Waals surface area contributed by atoms with Gasteiger partial charge in [-0.1, -0.05) is 84.9 Å². The third kappa shape index (κ3) is 3.05. The molecule has 41 heavy (non-hydrogen) atoms. The van der Waals surface area contributed by atoms with Crippen molar-refractivity contribution in [2.75, 3.05) is 0 Å². The standard InChI is InChI=1S/C39H29N2/c1-24-20-32-26-14-10-11-19-35(26)41(25-12-4-3-5-13-25)37(32)21-31(24)36-22-33-34(23-40(36)2)39-29-17-8-6-15-27(29)38(33)28-16-7-9-18-30(28)39/h3-23,38-39H,1-2H3/q+1. The lowest BCUT2D eigenvalue weighted by Gasteiger charge is -2.41. The Morgan fingerprint density at radius 2 is 1.12 bits per heavy atom. The van der Waals surface area contributed by atoms with E-state index in [9.17, 15) is 0 Å². The van der Waals surface area contributed by atoms with E-state index in [2.05, 4.69) is 151 Å². The van der Waals surface area contributed by atoms with E-state index in [1.807, 2.05) is 0 Å². The number of benzene rings is 5. The quantitative estimate of drug-likeness (QED) is 0.200. The van der Waals surface area contributed by atoms with Gasteiger partial charge in [-0.05, 0) is 70.6 Å². The van der Waals surface area contributed by atoms with Crippen LogP contribution in [0.4, 0.5) is 0 Å². The van der Waals surface area contributed by atoms with Crippen molar-refractivity contribution < 1.29 is 4.57 Å². The lowest BCUT2D eigenvalue weighted by molar-refractivity contribution is -0.661. The predicted molar refractivity (Wildman–Crippen MR) is 167 cm³/mol. The molecule has 0 saturated heterocycles. The van der Waals surface area contributed by atoms with E-state index in [1.165, 1.54) is 77.7 Å². The SMILES string of the molecule is Cc1cc2c3ccccc3n(-c3ccccc3)c2cc1-c1cc2c(c[n+]1C)C1c3ccccc3C2c2ccccc21. The first kappa shape index (κ1) is 22.8. The van der Waals surface area contributed by atoms with Crippen molar-refractivity contribution >= 4 is 21.8 Å². The molecule has 3 aliphatic rings. The largest absolute Gasteiger partial charge is 0.309 e. The molecule has 0 aliphatic heterocycles. The highest BCUT2D eigenvalue weighted by molar-refractivity contribution is 6.10. The van der Waals surface area contributed by atoms with Crippen molar-refractivity contribution in [1.29, 1.82) is 0 Å². The van der Waals surface area contributed by atoms with E-state index >= 15 is 0 Å². The van der Waals surface area contributed by atoms with Gasteiger partial charge in [0.05, 0.1) is 16.6 Å². The monoisotopic (exact) mass is 525 g/mol. The third-order valence-corrected chi connectivity index (χ3v) is 9.51. The normalized spacial score (nSPS) is 16.5. The zero-order valence-corrected chi connectivity index (χ0v) is 23.2. The summed E-state index contributed by atoms with van der Waals surface area (Å²) in [5, 5.41) is 2.59. The van der Waals surface area contributed by atoms with Crippen LogP contribution < -0.4 is 4.57 Å². The Morgan fingerprint density at radius 3 is 1.80 bits per heavy atom. The van der Waals surface area contributed by atoms with Crippen LogP contribution in [0.2, 0.25) is 0 Å². The zero-order valence-electron chi connectivity index (χ0n) is 23.2. The summed E-state index contributed by atoms with van der Waals surface area (Å²) in [7, 11) is 2.21. The fourth-order valence-electron chi connectivity index (χ4n) is 7.78. The molecule has 3 aliphatic carbocycles. The maximum Gasteiger partial charge on any atom is 0.212 e. The molecular weight excluding hydrogens is 496 g/mol. The Labute approximate surface area is 239 Å². The molecule has 2 bridgehead atoms. The Kier molecular flexibility index (Phi) is 4.61. The number of nitrogens with zero attached hydrogens (tertiary/aromatic N) is 2. The molecule has 0 radical (unpaired) electrons. The Hall–Kier alpha value is -4.95. The van der Waals surface area contributed by atoms with Gasteiger partial charge in [-0.25, -0.2) is 4.57 Å². The molecule has 7 aromatic rings. The number of para-hydroxylation sites is 2. The first-order valence-electron chi connectivity index (χ1n) is 14.5. The van der Waals surface area contributed by atoms with Crippen LogP contribution in [-0.2, 0) is 7.05 Å². The van der Waals surface area contributed by atoms with Crippen LogP contribution in [0.1, 0.15) is 50.8 Å². The number of aryl methyl sites for hydroxylation is 2. The van der Waals surface area contributed by atoms with E-state index in [1.54, 1.807) is 0 Å². The van der Waals surface area contributed by atoms with Gasteiger partial charge in [-0.15, -0.1) is 0 Å². The highest BCUT2D eigenvalue weighted by Crippen LogP contribution is 2.55. The summed E-state index contributed by atoms with van der Waals surface area (Å²) in [5.41, 5.74) is 16.2. The summed E-state index contributed by atoms with van der Waals surface area (Å²) < 4.78 is 4.77. The summed E-state index contributed by atoms with van der Waals surface area (Å²) in [4.78, 5) is 0. The van der Waals surface area contributed by atoms with Gasteiger partial charge in [0.15, 0.2) is 6.20 Å². The van der Waals surface area contributed by atoms with E-state index in [0.717, 1.165) is 0 Å². The molecule has 0 fully saturated rings. The fourth-order valence-corrected chi connectivity index (χ4v) is 7.78. The second-order valence-electron chi connectivity index (χ2n) is 11.7. The molecule has 2 heteroatoms. The van der Waals surface area contributed by atoms with Gasteiger partial charge >= 0.3 is 0 Å². The van der Waals surface area contributed by atoms with E-state index in [0.29, 0.717) is 0 Å². The van der Waals surface area contributed by atoms with Crippen molar-refractivity contribution in [2.45, 2.75) is 18.8 Å². The summed E-state index contributed by atoms with van der Waals surface area (Å²) in [6.07, 6.45) is 2.41. The number of rotatable bonds is 2. The molecule has 10 rings (SSSR count). The van der Waals surface area contributed by atoms with Crippen molar-refractivity contribution in [3.05, 3.63) is 166 Å². The summed E-state index contributed by atoms with van der Waals surface area (Å²) in [5.74, 6) is 0.550. The average Bonchev–Trinajstić information content (AvgIpc) is 3.33.